The van der Waals surface area contributed by atoms with Crippen molar-refractivity contribution in [3.05, 3.63) is 170 Å². The minimum atomic E-state index is 0.00204. The second kappa shape index (κ2) is 12.8. The molecule has 0 aliphatic carbocycles. The number of aromatic hydroxyl groups is 1. The number of phenols is 1. The number of furan rings is 1. The molecule has 0 saturated carbocycles. The number of aromatic nitrogens is 3. The second-order valence-electron chi connectivity index (χ2n) is 14.5. The maximum Gasteiger partial charge on any atom is 0.159 e. The number of hydrogen-bond donors (Lipinski definition) is 1. The van der Waals surface area contributed by atoms with E-state index in [1.54, 1.807) is 12.3 Å². The third-order valence-electron chi connectivity index (χ3n) is 10.0. The lowest BCUT2D eigenvalue weighted by molar-refractivity contribution is 0.477. The summed E-state index contributed by atoms with van der Waals surface area (Å²) >= 11 is 0. The lowest BCUT2D eigenvalue weighted by atomic mass is 9.87. The zero-order valence-electron chi connectivity index (χ0n) is 29.8. The highest BCUT2D eigenvalue weighted by atomic mass is 16.3. The fraction of sp³-hybridized carbons (Fsp3) is 0.0833. The number of phenolic OH excluding ortho intramolecular Hbond substituents is 1. The van der Waals surface area contributed by atoms with Gasteiger partial charge in [0.25, 0.3) is 0 Å². The summed E-state index contributed by atoms with van der Waals surface area (Å²) in [6, 6.07) is 51.7. The van der Waals surface area contributed by atoms with Gasteiger partial charge >= 0.3 is 0 Å². The molecule has 0 saturated heterocycles. The van der Waals surface area contributed by atoms with E-state index in [0.29, 0.717) is 11.3 Å². The number of para-hydroxylation sites is 3. The third-order valence-corrected chi connectivity index (χ3v) is 10.0. The molecule has 5 aromatic carbocycles. The van der Waals surface area contributed by atoms with Crippen LogP contribution in [0.4, 0.5) is 0 Å². The molecule has 0 fully saturated rings. The molecule has 9 aromatic rings. The zero-order chi connectivity index (χ0) is 36.1. The molecule has 0 radical (unpaired) electrons. The van der Waals surface area contributed by atoms with Gasteiger partial charge in [0.05, 0.1) is 34.4 Å². The van der Waals surface area contributed by atoms with E-state index in [9.17, 15) is 5.11 Å². The second-order valence-corrected chi connectivity index (χ2v) is 14.5. The van der Waals surface area contributed by atoms with Gasteiger partial charge in [-0.2, -0.15) is 0 Å². The first-order chi connectivity index (χ1) is 25.8. The van der Waals surface area contributed by atoms with Crippen LogP contribution in [-0.2, 0) is 5.41 Å². The van der Waals surface area contributed by atoms with E-state index < -0.39 is 0 Å². The van der Waals surface area contributed by atoms with Crippen molar-refractivity contribution >= 4 is 22.0 Å². The number of rotatable bonds is 6. The Morgan fingerprint density at radius 1 is 0.566 bits per heavy atom. The Hall–Kier alpha value is -6.72. The van der Waals surface area contributed by atoms with Gasteiger partial charge in [0.1, 0.15) is 5.75 Å². The quantitative estimate of drug-likeness (QED) is 0.189. The molecule has 0 amide bonds. The molecule has 0 bridgehead atoms. The minimum absolute atomic E-state index is 0.00204. The molecule has 0 aliphatic heterocycles. The standard InChI is InChI=1S/C48H37N3O2/c1-48(2,3)34-23-25-49-41(30-34)31-13-11-14-32(27-31)42-28-33(29-43(50-42)39-19-9-10-22-45(39)52)36-17-7-8-18-37(36)38-20-12-21-40-46(38)51(35-15-5-4-6-16-35)44-24-26-53-47(40)44/h4-30,52H,1-3H3. The molecular formula is C48H37N3O2. The number of pyridine rings is 2. The molecule has 9 rings (SSSR count). The Kier molecular flexibility index (Phi) is 7.78. The summed E-state index contributed by atoms with van der Waals surface area (Å²) in [6.45, 7) is 6.65. The van der Waals surface area contributed by atoms with Crippen molar-refractivity contribution in [2.45, 2.75) is 26.2 Å². The molecule has 5 nitrogen and oxygen atoms in total. The number of fused-ring (bicyclic) bond motifs is 3. The van der Waals surface area contributed by atoms with E-state index in [1.807, 2.05) is 36.5 Å². The largest absolute Gasteiger partial charge is 0.507 e. The van der Waals surface area contributed by atoms with Gasteiger partial charge in [0.15, 0.2) is 5.58 Å². The van der Waals surface area contributed by atoms with Gasteiger partial charge in [0, 0.05) is 45.6 Å². The zero-order valence-corrected chi connectivity index (χ0v) is 29.8. The van der Waals surface area contributed by atoms with Gasteiger partial charge in [-0.25, -0.2) is 4.98 Å². The van der Waals surface area contributed by atoms with Crippen molar-refractivity contribution in [2.75, 3.05) is 0 Å². The van der Waals surface area contributed by atoms with E-state index in [0.717, 1.165) is 72.5 Å². The van der Waals surface area contributed by atoms with Crippen LogP contribution in [0.3, 0.4) is 0 Å². The topological polar surface area (TPSA) is 64.1 Å². The summed E-state index contributed by atoms with van der Waals surface area (Å²) in [5.74, 6) is 0.182. The van der Waals surface area contributed by atoms with Crippen LogP contribution < -0.4 is 0 Å². The molecule has 0 spiro atoms. The molecule has 0 unspecified atom stereocenters. The van der Waals surface area contributed by atoms with E-state index in [-0.39, 0.29) is 11.2 Å². The predicted octanol–water partition coefficient (Wildman–Crippen LogP) is 12.5. The van der Waals surface area contributed by atoms with Crippen LogP contribution in [0.5, 0.6) is 5.75 Å². The van der Waals surface area contributed by atoms with Crippen molar-refractivity contribution in [1.82, 2.24) is 14.5 Å². The summed E-state index contributed by atoms with van der Waals surface area (Å²) in [5, 5.41) is 12.1. The first kappa shape index (κ1) is 32.2. The van der Waals surface area contributed by atoms with Crippen molar-refractivity contribution in [3.8, 4) is 67.5 Å². The highest BCUT2D eigenvalue weighted by Gasteiger charge is 2.21. The smallest absolute Gasteiger partial charge is 0.159 e. The molecule has 4 heterocycles. The number of nitrogens with zero attached hydrogens (tertiary/aromatic N) is 3. The monoisotopic (exact) mass is 687 g/mol. The minimum Gasteiger partial charge on any atom is -0.507 e. The van der Waals surface area contributed by atoms with Crippen LogP contribution in [0, 0.1) is 0 Å². The Morgan fingerprint density at radius 3 is 2.04 bits per heavy atom. The van der Waals surface area contributed by atoms with E-state index in [4.69, 9.17) is 14.4 Å². The predicted molar refractivity (Wildman–Crippen MR) is 216 cm³/mol. The Bertz CT molecular complexity index is 2790. The fourth-order valence-corrected chi connectivity index (χ4v) is 7.36. The van der Waals surface area contributed by atoms with Crippen LogP contribution in [0.1, 0.15) is 26.3 Å². The average Bonchev–Trinajstić information content (AvgIpc) is 3.79. The Morgan fingerprint density at radius 2 is 1.25 bits per heavy atom. The van der Waals surface area contributed by atoms with Crippen molar-refractivity contribution in [2.24, 2.45) is 0 Å². The summed E-state index contributed by atoms with van der Waals surface area (Å²) in [7, 11) is 0. The first-order valence-corrected chi connectivity index (χ1v) is 17.9. The Balaban J connectivity index is 1.26. The van der Waals surface area contributed by atoms with Gasteiger partial charge in [-0.05, 0) is 88.3 Å². The van der Waals surface area contributed by atoms with Crippen LogP contribution >= 0.6 is 0 Å². The molecule has 5 heteroatoms. The van der Waals surface area contributed by atoms with Crippen LogP contribution in [0.15, 0.2) is 169 Å². The molecule has 0 aliphatic rings. The van der Waals surface area contributed by atoms with Crippen LogP contribution in [0.25, 0.3) is 83.7 Å². The SMILES string of the molecule is CC(C)(C)c1ccnc(-c2cccc(-c3cc(-c4ccccc4-c4cccc5c6occc6n(-c6ccccc6)c45)cc(-c4ccccc4O)n3)c2)c1. The van der Waals surface area contributed by atoms with Gasteiger partial charge < -0.3 is 14.1 Å². The van der Waals surface area contributed by atoms with Crippen LogP contribution in [-0.4, -0.2) is 19.6 Å². The lowest BCUT2D eigenvalue weighted by Gasteiger charge is -2.19. The Labute approximate surface area is 308 Å². The van der Waals surface area contributed by atoms with Gasteiger partial charge in [-0.3, -0.25) is 4.98 Å². The van der Waals surface area contributed by atoms with Crippen molar-refractivity contribution in [1.29, 1.82) is 0 Å². The fourth-order valence-electron chi connectivity index (χ4n) is 7.36. The van der Waals surface area contributed by atoms with E-state index in [1.165, 1.54) is 5.56 Å². The molecule has 1 N–H and O–H groups in total. The summed E-state index contributed by atoms with van der Waals surface area (Å²) < 4.78 is 8.38. The molecular weight excluding hydrogens is 651 g/mol. The highest BCUT2D eigenvalue weighted by molar-refractivity contribution is 6.12. The van der Waals surface area contributed by atoms with E-state index in [2.05, 4.69) is 141 Å². The molecule has 0 atom stereocenters. The molecule has 53 heavy (non-hydrogen) atoms. The summed E-state index contributed by atoms with van der Waals surface area (Å²) in [5.41, 5.74) is 14.5. The highest BCUT2D eigenvalue weighted by Crippen LogP contribution is 2.43. The summed E-state index contributed by atoms with van der Waals surface area (Å²) in [6.07, 6.45) is 3.65. The first-order valence-electron chi connectivity index (χ1n) is 17.9. The molecule has 4 aromatic heterocycles. The lowest BCUT2D eigenvalue weighted by Crippen LogP contribution is -2.11. The summed E-state index contributed by atoms with van der Waals surface area (Å²) in [4.78, 5) is 9.93. The average molecular weight is 688 g/mol. The number of benzene rings is 5. The van der Waals surface area contributed by atoms with E-state index >= 15 is 0 Å². The maximum atomic E-state index is 11.0. The van der Waals surface area contributed by atoms with Crippen molar-refractivity contribution in [3.63, 3.8) is 0 Å². The third kappa shape index (κ3) is 5.77. The number of hydrogen-bond acceptors (Lipinski definition) is 4. The van der Waals surface area contributed by atoms with Gasteiger partial charge in [-0.1, -0.05) is 106 Å². The van der Waals surface area contributed by atoms with Crippen molar-refractivity contribution < 1.29 is 9.52 Å². The normalized spacial score (nSPS) is 11.8. The van der Waals surface area contributed by atoms with Gasteiger partial charge in [0.2, 0.25) is 0 Å². The van der Waals surface area contributed by atoms with Crippen LogP contribution in [0.2, 0.25) is 0 Å². The van der Waals surface area contributed by atoms with Gasteiger partial charge in [-0.15, -0.1) is 0 Å². The molecule has 256 valence electrons. The maximum absolute atomic E-state index is 11.0.